The topological polar surface area (TPSA) is 69.6 Å². The zero-order chi connectivity index (χ0) is 38.2. The molecule has 58 heavy (non-hydrogen) atoms. The first-order chi connectivity index (χ1) is 28.7. The van der Waals surface area contributed by atoms with E-state index in [-0.39, 0.29) is 0 Å². The number of aromatic nitrogens is 5. The lowest BCUT2D eigenvalue weighted by atomic mass is 9.98. The van der Waals surface area contributed by atoms with Gasteiger partial charge >= 0.3 is 0 Å². The quantitative estimate of drug-likeness (QED) is 0.176. The monoisotopic (exact) mass is 741 g/mol. The van der Waals surface area contributed by atoms with Crippen molar-refractivity contribution in [3.05, 3.63) is 188 Å². The molecule has 0 saturated heterocycles. The average molecular weight is 742 g/mol. The Balaban J connectivity index is 1.01. The van der Waals surface area contributed by atoms with E-state index in [1.165, 1.54) is 32.6 Å². The highest BCUT2D eigenvalue weighted by Crippen LogP contribution is 2.39. The van der Waals surface area contributed by atoms with Gasteiger partial charge in [0, 0.05) is 50.1 Å². The molecule has 0 unspecified atom stereocenters. The van der Waals surface area contributed by atoms with Crippen LogP contribution in [0.1, 0.15) is 0 Å². The van der Waals surface area contributed by atoms with Crippen LogP contribution in [-0.2, 0) is 0 Å². The molecule has 0 aliphatic heterocycles. The van der Waals surface area contributed by atoms with Crippen molar-refractivity contribution in [2.24, 2.45) is 0 Å². The maximum atomic E-state index is 6.06. The number of pyridine rings is 1. The first-order valence-electron chi connectivity index (χ1n) is 19.4. The number of hydrogen-bond acceptors (Lipinski definition) is 5. The van der Waals surface area contributed by atoms with Crippen molar-refractivity contribution >= 4 is 65.4 Å². The second-order valence-electron chi connectivity index (χ2n) is 14.7. The summed E-state index contributed by atoms with van der Waals surface area (Å²) in [5, 5.41) is 9.20. The highest BCUT2D eigenvalue weighted by Gasteiger charge is 2.19. The minimum atomic E-state index is 0.539. The molecule has 0 fully saturated rings. The third-order valence-electron chi connectivity index (χ3n) is 11.3. The van der Waals surface area contributed by atoms with Gasteiger partial charge in [-0.15, -0.1) is 0 Å². The third-order valence-corrected chi connectivity index (χ3v) is 11.3. The Labute approximate surface area is 332 Å². The van der Waals surface area contributed by atoms with Crippen LogP contribution >= 0.6 is 0 Å². The first-order valence-corrected chi connectivity index (χ1v) is 19.4. The van der Waals surface area contributed by atoms with E-state index in [1.54, 1.807) is 6.20 Å². The summed E-state index contributed by atoms with van der Waals surface area (Å²) >= 11 is 0. The number of fused-ring (bicyclic) bond motifs is 9. The van der Waals surface area contributed by atoms with Crippen LogP contribution in [0.4, 0.5) is 0 Å². The zero-order valence-electron chi connectivity index (χ0n) is 31.0. The van der Waals surface area contributed by atoms with Crippen LogP contribution in [0.15, 0.2) is 193 Å². The van der Waals surface area contributed by atoms with Crippen LogP contribution in [0.25, 0.3) is 116 Å². The average Bonchev–Trinajstić information content (AvgIpc) is 3.84. The van der Waals surface area contributed by atoms with Crippen LogP contribution in [0.5, 0.6) is 0 Å². The molecule has 0 aliphatic rings. The molecule has 0 aliphatic carbocycles. The van der Waals surface area contributed by atoms with Crippen LogP contribution in [0.2, 0.25) is 0 Å². The number of para-hydroxylation sites is 2. The van der Waals surface area contributed by atoms with Gasteiger partial charge in [-0.05, 0) is 75.1 Å². The van der Waals surface area contributed by atoms with Gasteiger partial charge in [0.1, 0.15) is 5.58 Å². The molecule has 8 aromatic carbocycles. The molecular formula is C52H31N5O. The second-order valence-corrected chi connectivity index (χ2v) is 14.7. The van der Waals surface area contributed by atoms with E-state index in [2.05, 4.69) is 162 Å². The molecule has 4 aromatic heterocycles. The maximum Gasteiger partial charge on any atom is 0.227 e. The van der Waals surface area contributed by atoms with Crippen LogP contribution in [-0.4, -0.2) is 24.5 Å². The first kappa shape index (κ1) is 32.3. The molecule has 0 bridgehead atoms. The maximum absolute atomic E-state index is 6.06. The predicted octanol–water partition coefficient (Wildman–Crippen LogP) is 13.2. The Morgan fingerprint density at radius 1 is 0.397 bits per heavy atom. The summed E-state index contributed by atoms with van der Waals surface area (Å²) in [4.78, 5) is 20.2. The molecular weight excluding hydrogens is 711 g/mol. The third kappa shape index (κ3) is 5.12. The summed E-state index contributed by atoms with van der Waals surface area (Å²) in [7, 11) is 0. The molecule has 0 spiro atoms. The number of hydrogen-bond donors (Lipinski definition) is 0. The Morgan fingerprint density at radius 2 is 1.03 bits per heavy atom. The van der Waals surface area contributed by atoms with Gasteiger partial charge < -0.3 is 8.98 Å². The van der Waals surface area contributed by atoms with Crippen LogP contribution in [0, 0.1) is 0 Å². The van der Waals surface area contributed by atoms with E-state index < -0.39 is 0 Å². The number of rotatable bonds is 5. The van der Waals surface area contributed by atoms with Crippen molar-refractivity contribution in [2.75, 3.05) is 0 Å². The smallest absolute Gasteiger partial charge is 0.227 e. The summed E-state index contributed by atoms with van der Waals surface area (Å²) in [5.41, 5.74) is 9.52. The van der Waals surface area contributed by atoms with E-state index in [0.29, 0.717) is 23.2 Å². The van der Waals surface area contributed by atoms with Crippen molar-refractivity contribution in [2.45, 2.75) is 0 Å². The minimum absolute atomic E-state index is 0.539. The summed E-state index contributed by atoms with van der Waals surface area (Å²) in [6.07, 6.45) is 1.79. The van der Waals surface area contributed by atoms with E-state index in [1.807, 2.05) is 24.3 Å². The summed E-state index contributed by atoms with van der Waals surface area (Å²) in [6.45, 7) is 0. The summed E-state index contributed by atoms with van der Waals surface area (Å²) in [5.74, 6) is 1.71. The van der Waals surface area contributed by atoms with Crippen molar-refractivity contribution < 1.29 is 4.42 Å². The molecule has 0 amide bonds. The molecule has 0 atom stereocenters. The van der Waals surface area contributed by atoms with Crippen LogP contribution in [0.3, 0.4) is 0 Å². The largest absolute Gasteiger partial charge is 0.438 e. The normalized spacial score (nSPS) is 11.8. The minimum Gasteiger partial charge on any atom is -0.438 e. The number of benzene rings is 8. The van der Waals surface area contributed by atoms with Gasteiger partial charge in [0.25, 0.3) is 0 Å². The van der Waals surface area contributed by atoms with Crippen molar-refractivity contribution in [3.8, 4) is 51.0 Å². The van der Waals surface area contributed by atoms with Gasteiger partial charge in [-0.25, -0.2) is 19.9 Å². The number of nitrogens with zero attached hydrogens (tertiary/aromatic N) is 5. The summed E-state index contributed by atoms with van der Waals surface area (Å²) in [6, 6.07) is 63.7. The van der Waals surface area contributed by atoms with Gasteiger partial charge in [-0.1, -0.05) is 140 Å². The Morgan fingerprint density at radius 3 is 1.90 bits per heavy atom. The van der Waals surface area contributed by atoms with Gasteiger partial charge in [0.05, 0.1) is 11.0 Å². The van der Waals surface area contributed by atoms with Gasteiger partial charge in [0.15, 0.2) is 17.5 Å². The SMILES string of the molecule is c1ccc(-c2nc(-c3ccc4ccccc4c3)nc(-c3cnc4oc5ccccc5c4c3)n2)c(-c2ccc(-n3c4ccccc4c4c5ccccc5ccc43)cc2)c1. The van der Waals surface area contributed by atoms with E-state index in [4.69, 9.17) is 24.4 Å². The molecule has 12 rings (SSSR count). The molecule has 0 saturated carbocycles. The zero-order valence-corrected chi connectivity index (χ0v) is 31.0. The summed E-state index contributed by atoms with van der Waals surface area (Å²) < 4.78 is 8.43. The lowest BCUT2D eigenvalue weighted by Gasteiger charge is -2.13. The lowest BCUT2D eigenvalue weighted by Crippen LogP contribution is -2.01. The molecule has 6 heteroatoms. The molecule has 6 nitrogen and oxygen atoms in total. The van der Waals surface area contributed by atoms with E-state index >= 15 is 0 Å². The highest BCUT2D eigenvalue weighted by atomic mass is 16.3. The highest BCUT2D eigenvalue weighted by molar-refractivity contribution is 6.21. The molecule has 12 aromatic rings. The van der Waals surface area contributed by atoms with Gasteiger partial charge in [-0.3, -0.25) is 0 Å². The molecule has 0 N–H and O–H groups in total. The van der Waals surface area contributed by atoms with Gasteiger partial charge in [-0.2, -0.15) is 0 Å². The van der Waals surface area contributed by atoms with E-state index in [0.717, 1.165) is 60.6 Å². The Bertz CT molecular complexity index is 3580. The Hall–Kier alpha value is -7.96. The van der Waals surface area contributed by atoms with Crippen molar-refractivity contribution in [1.82, 2.24) is 24.5 Å². The van der Waals surface area contributed by atoms with Crippen LogP contribution < -0.4 is 0 Å². The lowest BCUT2D eigenvalue weighted by molar-refractivity contribution is 0.654. The van der Waals surface area contributed by atoms with Gasteiger partial charge in [0.2, 0.25) is 5.71 Å². The second kappa shape index (κ2) is 12.8. The van der Waals surface area contributed by atoms with Crippen molar-refractivity contribution in [1.29, 1.82) is 0 Å². The molecule has 0 radical (unpaired) electrons. The molecule has 270 valence electrons. The number of furan rings is 1. The standard InChI is InChI=1S/C52H31N5O/c1-2-13-35-29-36(22-21-32(35)11-1)49-54-50(37-30-44-41-16-8-10-20-47(41)58-52(44)53-31-37)56-51(55-49)42-17-6-5-14-39(42)34-23-26-38(27-24-34)57-45-19-9-7-18-43(45)48-40-15-4-3-12-33(40)25-28-46(48)57/h1-31H. The fraction of sp³-hybridized carbons (Fsp3) is 0. The van der Waals surface area contributed by atoms with E-state index in [9.17, 15) is 0 Å². The predicted molar refractivity (Wildman–Crippen MR) is 236 cm³/mol. The molecule has 4 heterocycles. The van der Waals surface area contributed by atoms with Crippen molar-refractivity contribution in [3.63, 3.8) is 0 Å². The fourth-order valence-electron chi connectivity index (χ4n) is 8.55. The Kier molecular flexibility index (Phi) is 7.13. The fourth-order valence-corrected chi connectivity index (χ4v) is 8.55.